The van der Waals surface area contributed by atoms with Crippen molar-refractivity contribution in [3.63, 3.8) is 0 Å². The lowest BCUT2D eigenvalue weighted by Gasteiger charge is -2.04. The first-order valence-electron chi connectivity index (χ1n) is 5.60. The predicted molar refractivity (Wildman–Crippen MR) is 64.6 cm³/mol. The second-order valence-electron chi connectivity index (χ2n) is 4.23. The molecule has 0 saturated carbocycles. The number of aryl methyl sites for hydroxylation is 1. The van der Waals surface area contributed by atoms with Crippen LogP contribution in [-0.2, 0) is 18.3 Å². The van der Waals surface area contributed by atoms with Crippen LogP contribution in [0.2, 0.25) is 0 Å². The van der Waals surface area contributed by atoms with Gasteiger partial charge in [0.25, 0.3) is 0 Å². The summed E-state index contributed by atoms with van der Waals surface area (Å²) < 4.78 is 27.7. The molecule has 19 heavy (non-hydrogen) atoms. The molecule has 0 atom stereocenters. The van der Waals surface area contributed by atoms with Gasteiger partial charge in [-0.05, 0) is 24.6 Å². The summed E-state index contributed by atoms with van der Waals surface area (Å²) in [6.45, 7) is 1.74. The number of rotatable bonds is 3. The van der Waals surface area contributed by atoms with Crippen LogP contribution in [0.1, 0.15) is 11.4 Å². The molecule has 6 heteroatoms. The minimum absolute atomic E-state index is 0.268. The van der Waals surface area contributed by atoms with Crippen molar-refractivity contribution in [1.82, 2.24) is 9.78 Å². The lowest BCUT2D eigenvalue weighted by Crippen LogP contribution is -2.02. The molecule has 0 saturated heterocycles. The zero-order chi connectivity index (χ0) is 14.2. The van der Waals surface area contributed by atoms with Crippen LogP contribution in [-0.4, -0.2) is 20.9 Å². The predicted octanol–water partition coefficient (Wildman–Crippen LogP) is 2.30. The van der Waals surface area contributed by atoms with Crippen molar-refractivity contribution in [1.29, 1.82) is 0 Å². The molecule has 2 rings (SSSR count). The maximum atomic E-state index is 13.3. The van der Waals surface area contributed by atoms with Crippen LogP contribution in [0.15, 0.2) is 18.2 Å². The number of halogens is 2. The van der Waals surface area contributed by atoms with E-state index in [1.54, 1.807) is 14.0 Å². The zero-order valence-corrected chi connectivity index (χ0v) is 10.4. The fourth-order valence-corrected chi connectivity index (χ4v) is 1.97. The molecule has 1 aromatic heterocycles. The Morgan fingerprint density at radius 1 is 1.37 bits per heavy atom. The Hall–Kier alpha value is -2.24. The largest absolute Gasteiger partial charge is 0.481 e. The van der Waals surface area contributed by atoms with Crippen molar-refractivity contribution in [3.8, 4) is 11.1 Å². The second kappa shape index (κ2) is 4.79. The number of carboxylic acids is 1. The number of hydrogen-bond donors (Lipinski definition) is 1. The Kier molecular flexibility index (Phi) is 3.33. The average molecular weight is 266 g/mol. The number of nitrogens with zero attached hydrogens (tertiary/aromatic N) is 2. The molecule has 0 aliphatic carbocycles. The molecule has 100 valence electrons. The molecule has 1 aromatic carbocycles. The van der Waals surface area contributed by atoms with Crippen molar-refractivity contribution in [3.05, 3.63) is 41.2 Å². The summed E-state index contributed by atoms with van der Waals surface area (Å²) in [5.74, 6) is -2.94. The molecule has 0 spiro atoms. The molecule has 0 bridgehead atoms. The summed E-state index contributed by atoms with van der Waals surface area (Å²) >= 11 is 0. The van der Waals surface area contributed by atoms with E-state index in [4.69, 9.17) is 5.11 Å². The number of carbonyl (C=O) groups is 1. The van der Waals surface area contributed by atoms with E-state index in [0.717, 1.165) is 12.1 Å². The SMILES string of the molecule is Cc1c(-c2ccc(F)c(F)c2)c(CC(=O)O)nn1C. The van der Waals surface area contributed by atoms with E-state index in [-0.39, 0.29) is 6.42 Å². The van der Waals surface area contributed by atoms with Gasteiger partial charge in [0, 0.05) is 18.3 Å². The van der Waals surface area contributed by atoms with Gasteiger partial charge in [0.2, 0.25) is 0 Å². The third kappa shape index (κ3) is 2.47. The molecule has 4 nitrogen and oxygen atoms in total. The van der Waals surface area contributed by atoms with E-state index in [1.807, 2.05) is 0 Å². The molecular formula is C13H12F2N2O2. The minimum Gasteiger partial charge on any atom is -0.481 e. The maximum Gasteiger partial charge on any atom is 0.309 e. The van der Waals surface area contributed by atoms with Crippen LogP contribution in [0.25, 0.3) is 11.1 Å². The molecule has 0 radical (unpaired) electrons. The number of benzene rings is 1. The van der Waals surface area contributed by atoms with E-state index in [2.05, 4.69) is 5.10 Å². The van der Waals surface area contributed by atoms with Crippen molar-refractivity contribution in [2.24, 2.45) is 7.05 Å². The van der Waals surface area contributed by atoms with Crippen molar-refractivity contribution >= 4 is 5.97 Å². The van der Waals surface area contributed by atoms with Gasteiger partial charge in [-0.2, -0.15) is 5.10 Å². The Morgan fingerprint density at radius 2 is 2.05 bits per heavy atom. The summed E-state index contributed by atoms with van der Waals surface area (Å²) in [4.78, 5) is 10.8. The van der Waals surface area contributed by atoms with Gasteiger partial charge < -0.3 is 5.11 Å². The summed E-state index contributed by atoms with van der Waals surface area (Å²) in [6, 6.07) is 3.47. The number of aromatic nitrogens is 2. The first-order chi connectivity index (χ1) is 8.90. The number of carboxylic acid groups (broad SMARTS) is 1. The molecule has 2 aromatic rings. The van der Waals surface area contributed by atoms with Crippen LogP contribution >= 0.6 is 0 Å². The molecule has 0 aliphatic heterocycles. The van der Waals surface area contributed by atoms with Crippen molar-refractivity contribution in [2.45, 2.75) is 13.3 Å². The number of hydrogen-bond acceptors (Lipinski definition) is 2. The number of aliphatic carboxylic acids is 1. The van der Waals surface area contributed by atoms with Gasteiger partial charge in [0.05, 0.1) is 12.1 Å². The highest BCUT2D eigenvalue weighted by molar-refractivity contribution is 5.76. The zero-order valence-electron chi connectivity index (χ0n) is 10.4. The average Bonchev–Trinajstić information content (AvgIpc) is 2.58. The smallest absolute Gasteiger partial charge is 0.309 e. The van der Waals surface area contributed by atoms with E-state index >= 15 is 0 Å². The first kappa shape index (κ1) is 13.2. The Morgan fingerprint density at radius 3 is 2.63 bits per heavy atom. The molecule has 1 heterocycles. The fourth-order valence-electron chi connectivity index (χ4n) is 1.97. The van der Waals surface area contributed by atoms with Crippen molar-refractivity contribution < 1.29 is 18.7 Å². The second-order valence-corrected chi connectivity index (χ2v) is 4.23. The molecule has 1 N–H and O–H groups in total. The minimum atomic E-state index is -1.03. The van der Waals surface area contributed by atoms with Gasteiger partial charge in [-0.15, -0.1) is 0 Å². The molecular weight excluding hydrogens is 254 g/mol. The third-order valence-electron chi connectivity index (χ3n) is 2.93. The third-order valence-corrected chi connectivity index (χ3v) is 2.93. The Bertz CT molecular complexity index is 650. The van der Waals surface area contributed by atoms with E-state index in [0.29, 0.717) is 22.5 Å². The normalized spacial score (nSPS) is 10.7. The standard InChI is InChI=1S/C13H12F2N2O2/c1-7-13(8-3-4-9(14)10(15)5-8)11(6-12(18)19)16-17(7)2/h3-5H,6H2,1-2H3,(H,18,19). The fraction of sp³-hybridized carbons (Fsp3) is 0.231. The van der Waals surface area contributed by atoms with Crippen LogP contribution in [0.5, 0.6) is 0 Å². The van der Waals surface area contributed by atoms with Gasteiger partial charge in [-0.25, -0.2) is 8.78 Å². The van der Waals surface area contributed by atoms with E-state index < -0.39 is 17.6 Å². The highest BCUT2D eigenvalue weighted by Gasteiger charge is 2.18. The summed E-state index contributed by atoms with van der Waals surface area (Å²) in [6.07, 6.45) is -0.268. The van der Waals surface area contributed by atoms with Gasteiger partial charge in [-0.3, -0.25) is 9.48 Å². The topological polar surface area (TPSA) is 55.1 Å². The van der Waals surface area contributed by atoms with Gasteiger partial charge in [0.15, 0.2) is 11.6 Å². The van der Waals surface area contributed by atoms with Gasteiger partial charge >= 0.3 is 5.97 Å². The Labute approximate surface area is 108 Å². The van der Waals surface area contributed by atoms with Crippen LogP contribution in [0, 0.1) is 18.6 Å². The van der Waals surface area contributed by atoms with Gasteiger partial charge in [0.1, 0.15) is 0 Å². The molecule has 0 unspecified atom stereocenters. The van der Waals surface area contributed by atoms with Crippen molar-refractivity contribution in [2.75, 3.05) is 0 Å². The highest BCUT2D eigenvalue weighted by Crippen LogP contribution is 2.28. The van der Waals surface area contributed by atoms with Crippen LogP contribution in [0.3, 0.4) is 0 Å². The summed E-state index contributed by atoms with van der Waals surface area (Å²) in [5.41, 5.74) is 1.98. The molecule has 0 aliphatic rings. The monoisotopic (exact) mass is 266 g/mol. The quantitative estimate of drug-likeness (QED) is 0.927. The first-order valence-corrected chi connectivity index (χ1v) is 5.60. The Balaban J connectivity index is 2.59. The van der Waals surface area contributed by atoms with E-state index in [1.165, 1.54) is 10.7 Å². The summed E-state index contributed by atoms with van der Waals surface area (Å²) in [5, 5.41) is 13.0. The maximum absolute atomic E-state index is 13.3. The lowest BCUT2D eigenvalue weighted by atomic mass is 10.0. The lowest BCUT2D eigenvalue weighted by molar-refractivity contribution is -0.136. The van der Waals surface area contributed by atoms with Gasteiger partial charge in [-0.1, -0.05) is 6.07 Å². The van der Waals surface area contributed by atoms with E-state index in [9.17, 15) is 13.6 Å². The van der Waals surface area contributed by atoms with Crippen LogP contribution < -0.4 is 0 Å². The molecule has 0 amide bonds. The highest BCUT2D eigenvalue weighted by atomic mass is 19.2. The molecule has 0 fully saturated rings. The van der Waals surface area contributed by atoms with Crippen LogP contribution in [0.4, 0.5) is 8.78 Å². The summed E-state index contributed by atoms with van der Waals surface area (Å²) in [7, 11) is 1.67.